The highest BCUT2D eigenvalue weighted by molar-refractivity contribution is 5.79. The summed E-state index contributed by atoms with van der Waals surface area (Å²) in [6.07, 6.45) is 0. The van der Waals surface area contributed by atoms with Gasteiger partial charge in [0.05, 0.1) is 5.92 Å². The molecular weight excluding hydrogens is 304 g/mol. The highest BCUT2D eigenvalue weighted by atomic mass is 16.7. The SMILES string of the molecule is C[C@@H](C(=O)N(C)Cc1ccc2c(c1)OCO2)[C@@H](N)c1ccccc1. The van der Waals surface area contributed by atoms with Gasteiger partial charge in [0.2, 0.25) is 12.7 Å². The molecule has 0 spiro atoms. The molecule has 0 saturated heterocycles. The second kappa shape index (κ2) is 6.93. The Bertz CT molecular complexity index is 718. The highest BCUT2D eigenvalue weighted by Crippen LogP contribution is 2.33. The molecule has 1 aliphatic heterocycles. The van der Waals surface area contributed by atoms with E-state index in [1.807, 2.05) is 55.5 Å². The first-order chi connectivity index (χ1) is 11.6. The quantitative estimate of drug-likeness (QED) is 0.917. The third-order valence-electron chi connectivity index (χ3n) is 4.35. The van der Waals surface area contributed by atoms with E-state index in [4.69, 9.17) is 15.2 Å². The molecule has 1 amide bonds. The third kappa shape index (κ3) is 3.36. The fraction of sp³-hybridized carbons (Fsp3) is 0.316. The van der Waals surface area contributed by atoms with Gasteiger partial charge in [-0.25, -0.2) is 0 Å². The van der Waals surface area contributed by atoms with E-state index < -0.39 is 0 Å². The molecule has 0 radical (unpaired) electrons. The molecule has 1 aliphatic rings. The van der Waals surface area contributed by atoms with Crippen molar-refractivity contribution in [2.45, 2.75) is 19.5 Å². The predicted octanol–water partition coefficient (Wildman–Crippen LogP) is 2.71. The Kier molecular flexibility index (Phi) is 4.71. The van der Waals surface area contributed by atoms with Gasteiger partial charge in [-0.05, 0) is 23.3 Å². The van der Waals surface area contributed by atoms with E-state index in [-0.39, 0.29) is 24.7 Å². The Morgan fingerprint density at radius 3 is 2.62 bits per heavy atom. The maximum absolute atomic E-state index is 12.7. The van der Waals surface area contributed by atoms with E-state index >= 15 is 0 Å². The molecule has 2 atom stereocenters. The van der Waals surface area contributed by atoms with Crippen LogP contribution in [0.15, 0.2) is 48.5 Å². The van der Waals surface area contributed by atoms with Gasteiger partial charge in [0.1, 0.15) is 0 Å². The van der Waals surface area contributed by atoms with E-state index in [1.54, 1.807) is 11.9 Å². The van der Waals surface area contributed by atoms with Crippen LogP contribution >= 0.6 is 0 Å². The lowest BCUT2D eigenvalue weighted by molar-refractivity contribution is -0.134. The predicted molar refractivity (Wildman–Crippen MR) is 91.6 cm³/mol. The molecule has 0 bridgehead atoms. The molecule has 126 valence electrons. The van der Waals surface area contributed by atoms with E-state index in [0.717, 1.165) is 22.6 Å². The van der Waals surface area contributed by atoms with Crippen molar-refractivity contribution in [3.8, 4) is 11.5 Å². The van der Waals surface area contributed by atoms with Crippen molar-refractivity contribution in [1.29, 1.82) is 0 Å². The summed E-state index contributed by atoms with van der Waals surface area (Å²) in [6, 6.07) is 15.1. The summed E-state index contributed by atoms with van der Waals surface area (Å²) >= 11 is 0. The van der Waals surface area contributed by atoms with Crippen LogP contribution in [0.1, 0.15) is 24.1 Å². The molecule has 3 rings (SSSR count). The van der Waals surface area contributed by atoms with Crippen LogP contribution in [0.4, 0.5) is 0 Å². The Hall–Kier alpha value is -2.53. The van der Waals surface area contributed by atoms with Crippen LogP contribution in [-0.2, 0) is 11.3 Å². The summed E-state index contributed by atoms with van der Waals surface area (Å²) in [5.74, 6) is 1.19. The maximum Gasteiger partial charge on any atom is 0.231 e. The van der Waals surface area contributed by atoms with Gasteiger partial charge in [0.15, 0.2) is 11.5 Å². The van der Waals surface area contributed by atoms with Crippen molar-refractivity contribution in [2.75, 3.05) is 13.8 Å². The lowest BCUT2D eigenvalue weighted by Gasteiger charge is -2.25. The normalized spacial score (nSPS) is 15.0. The summed E-state index contributed by atoms with van der Waals surface area (Å²) in [5, 5.41) is 0. The number of fused-ring (bicyclic) bond motifs is 1. The second-order valence-electron chi connectivity index (χ2n) is 6.11. The fourth-order valence-electron chi connectivity index (χ4n) is 2.86. The lowest BCUT2D eigenvalue weighted by atomic mass is 9.94. The number of hydrogen-bond acceptors (Lipinski definition) is 4. The minimum atomic E-state index is -0.321. The van der Waals surface area contributed by atoms with Gasteiger partial charge in [0.25, 0.3) is 0 Å². The minimum absolute atomic E-state index is 0.0176. The van der Waals surface area contributed by atoms with Gasteiger partial charge in [-0.15, -0.1) is 0 Å². The summed E-state index contributed by atoms with van der Waals surface area (Å²) in [7, 11) is 1.79. The average molecular weight is 326 g/mol. The highest BCUT2D eigenvalue weighted by Gasteiger charge is 2.25. The topological polar surface area (TPSA) is 64.8 Å². The number of hydrogen-bond donors (Lipinski definition) is 1. The Morgan fingerprint density at radius 2 is 1.88 bits per heavy atom. The van der Waals surface area contributed by atoms with Crippen molar-refractivity contribution in [3.05, 3.63) is 59.7 Å². The van der Waals surface area contributed by atoms with Crippen LogP contribution in [0.3, 0.4) is 0 Å². The minimum Gasteiger partial charge on any atom is -0.454 e. The van der Waals surface area contributed by atoms with Gasteiger partial charge < -0.3 is 20.1 Å². The second-order valence-corrected chi connectivity index (χ2v) is 6.11. The molecule has 0 aromatic heterocycles. The monoisotopic (exact) mass is 326 g/mol. The first-order valence-electron chi connectivity index (χ1n) is 8.00. The Morgan fingerprint density at radius 1 is 1.17 bits per heavy atom. The van der Waals surface area contributed by atoms with Crippen molar-refractivity contribution in [1.82, 2.24) is 4.90 Å². The zero-order valence-corrected chi connectivity index (χ0v) is 13.9. The molecule has 1 heterocycles. The van der Waals surface area contributed by atoms with Crippen LogP contribution in [-0.4, -0.2) is 24.6 Å². The average Bonchev–Trinajstić information content (AvgIpc) is 3.08. The maximum atomic E-state index is 12.7. The molecular formula is C19H22N2O3. The van der Waals surface area contributed by atoms with Gasteiger partial charge in [0, 0.05) is 19.6 Å². The molecule has 2 aromatic carbocycles. The fourth-order valence-corrected chi connectivity index (χ4v) is 2.86. The number of benzene rings is 2. The molecule has 0 fully saturated rings. The molecule has 0 unspecified atom stereocenters. The standard InChI is InChI=1S/C19H22N2O3/c1-13(18(20)15-6-4-3-5-7-15)19(22)21(2)11-14-8-9-16-17(10-14)24-12-23-16/h3-10,13,18H,11-12,20H2,1-2H3/t13-,18-/m1/s1. The Balaban J connectivity index is 1.66. The van der Waals surface area contributed by atoms with Gasteiger partial charge in [-0.2, -0.15) is 0 Å². The summed E-state index contributed by atoms with van der Waals surface area (Å²) in [6.45, 7) is 2.62. The molecule has 24 heavy (non-hydrogen) atoms. The number of rotatable bonds is 5. The van der Waals surface area contributed by atoms with Gasteiger partial charge >= 0.3 is 0 Å². The number of nitrogens with zero attached hydrogens (tertiary/aromatic N) is 1. The number of ether oxygens (including phenoxy) is 2. The van der Waals surface area contributed by atoms with Crippen LogP contribution in [0.2, 0.25) is 0 Å². The molecule has 0 saturated carbocycles. The molecule has 2 N–H and O–H groups in total. The number of nitrogens with two attached hydrogens (primary N) is 1. The first kappa shape index (κ1) is 16.3. The summed E-state index contributed by atoms with van der Waals surface area (Å²) < 4.78 is 10.7. The molecule has 5 nitrogen and oxygen atoms in total. The van der Waals surface area contributed by atoms with Crippen LogP contribution in [0.5, 0.6) is 11.5 Å². The first-order valence-corrected chi connectivity index (χ1v) is 8.00. The summed E-state index contributed by atoms with van der Waals surface area (Å²) in [5.41, 5.74) is 8.22. The van der Waals surface area contributed by atoms with Crippen molar-refractivity contribution >= 4 is 5.91 Å². The largest absolute Gasteiger partial charge is 0.454 e. The van der Waals surface area contributed by atoms with E-state index in [1.165, 1.54) is 0 Å². The summed E-state index contributed by atoms with van der Waals surface area (Å²) in [4.78, 5) is 14.4. The molecule has 2 aromatic rings. The van der Waals surface area contributed by atoms with Gasteiger partial charge in [-0.3, -0.25) is 4.79 Å². The van der Waals surface area contributed by atoms with Crippen LogP contribution in [0, 0.1) is 5.92 Å². The van der Waals surface area contributed by atoms with E-state index in [9.17, 15) is 4.79 Å². The smallest absolute Gasteiger partial charge is 0.231 e. The third-order valence-corrected chi connectivity index (χ3v) is 4.35. The molecule has 5 heteroatoms. The molecule has 0 aliphatic carbocycles. The van der Waals surface area contributed by atoms with Crippen molar-refractivity contribution in [2.24, 2.45) is 11.7 Å². The Labute approximate surface area is 142 Å². The van der Waals surface area contributed by atoms with Gasteiger partial charge in [-0.1, -0.05) is 43.3 Å². The van der Waals surface area contributed by atoms with Crippen LogP contribution in [0.25, 0.3) is 0 Å². The lowest BCUT2D eigenvalue weighted by Crippen LogP contribution is -2.36. The number of carbonyl (C=O) groups is 1. The van der Waals surface area contributed by atoms with Crippen molar-refractivity contribution < 1.29 is 14.3 Å². The number of amides is 1. The zero-order chi connectivity index (χ0) is 17.1. The number of carbonyl (C=O) groups excluding carboxylic acids is 1. The van der Waals surface area contributed by atoms with Crippen molar-refractivity contribution in [3.63, 3.8) is 0 Å². The van der Waals surface area contributed by atoms with E-state index in [2.05, 4.69) is 0 Å². The van der Waals surface area contributed by atoms with E-state index in [0.29, 0.717) is 6.54 Å². The zero-order valence-electron chi connectivity index (χ0n) is 13.9. The van der Waals surface area contributed by atoms with Crippen LogP contribution < -0.4 is 15.2 Å².